The average Bonchev–Trinajstić information content (AvgIpc) is 3.48. The number of nitrogens with two attached hydrogens (primary N) is 1. The molecule has 8 heteroatoms. The Morgan fingerprint density at radius 2 is 1.74 bits per heavy atom. The van der Waals surface area contributed by atoms with Crippen LogP contribution in [-0.4, -0.2) is 15.9 Å². The molecule has 3 N–H and O–H groups in total. The molecule has 174 valence electrons. The van der Waals surface area contributed by atoms with Crippen LogP contribution >= 0.6 is 34.3 Å². The fraction of sp³-hybridized carbons (Fsp3) is 0.148. The van der Waals surface area contributed by atoms with Crippen molar-refractivity contribution in [3.8, 4) is 22.4 Å². The fourth-order valence-electron chi connectivity index (χ4n) is 4.64. The Morgan fingerprint density at radius 3 is 2.54 bits per heavy atom. The number of pyridine rings is 1. The number of fused-ring (bicyclic) bond motifs is 2. The van der Waals surface area contributed by atoms with Gasteiger partial charge in [-0.05, 0) is 54.5 Å². The maximum Gasteiger partial charge on any atom is 0.269 e. The number of thiazole rings is 1. The van der Waals surface area contributed by atoms with Gasteiger partial charge >= 0.3 is 0 Å². The van der Waals surface area contributed by atoms with Crippen molar-refractivity contribution in [3.05, 3.63) is 81.1 Å². The number of thiophene rings is 1. The van der Waals surface area contributed by atoms with Crippen LogP contribution in [0.4, 0.5) is 10.8 Å². The molecule has 0 atom stereocenters. The first-order chi connectivity index (χ1) is 17.1. The van der Waals surface area contributed by atoms with E-state index in [-0.39, 0.29) is 5.91 Å². The number of carbonyl (C=O) groups excluding carboxylic acids is 1. The molecule has 6 rings (SSSR count). The van der Waals surface area contributed by atoms with Gasteiger partial charge in [0.15, 0.2) is 5.13 Å². The molecule has 0 saturated carbocycles. The van der Waals surface area contributed by atoms with Gasteiger partial charge < -0.3 is 5.73 Å². The van der Waals surface area contributed by atoms with Crippen molar-refractivity contribution in [3.63, 3.8) is 0 Å². The Bertz CT molecular complexity index is 1560. The van der Waals surface area contributed by atoms with Crippen molar-refractivity contribution in [1.29, 1.82) is 0 Å². The van der Waals surface area contributed by atoms with Crippen molar-refractivity contribution in [2.24, 2.45) is 0 Å². The molecule has 1 amide bonds. The number of halogens is 1. The minimum atomic E-state index is -0.264. The van der Waals surface area contributed by atoms with Crippen molar-refractivity contribution in [2.45, 2.75) is 25.7 Å². The first-order valence-corrected chi connectivity index (χ1v) is 13.5. The molecular formula is C27H21ClN4OS2. The summed E-state index contributed by atoms with van der Waals surface area (Å²) in [5, 5.41) is 6.95. The monoisotopic (exact) mass is 516 g/mol. The van der Waals surface area contributed by atoms with E-state index in [0.717, 1.165) is 64.0 Å². The van der Waals surface area contributed by atoms with Crippen molar-refractivity contribution in [2.75, 3.05) is 11.1 Å². The molecule has 5 aromatic rings. The number of aryl methyl sites for hydroxylation is 1. The Kier molecular flexibility index (Phi) is 5.76. The minimum absolute atomic E-state index is 0.264. The number of nitrogen functional groups attached to an aromatic ring is 1. The molecule has 3 aromatic heterocycles. The number of carbonyl (C=O) groups is 1. The predicted octanol–water partition coefficient (Wildman–Crippen LogP) is 7.45. The van der Waals surface area contributed by atoms with E-state index in [1.54, 1.807) is 0 Å². The van der Waals surface area contributed by atoms with Crippen LogP contribution in [-0.2, 0) is 12.8 Å². The molecule has 0 unspecified atom stereocenters. The summed E-state index contributed by atoms with van der Waals surface area (Å²) in [4.78, 5) is 24.1. The Morgan fingerprint density at radius 1 is 0.971 bits per heavy atom. The summed E-state index contributed by atoms with van der Waals surface area (Å²) in [5.74, 6) is -0.264. The summed E-state index contributed by atoms with van der Waals surface area (Å²) in [7, 11) is 0. The number of nitrogens with zero attached hydrogens (tertiary/aromatic N) is 2. The zero-order valence-corrected chi connectivity index (χ0v) is 21.1. The third kappa shape index (κ3) is 4.10. The van der Waals surface area contributed by atoms with Gasteiger partial charge in [-0.1, -0.05) is 54.1 Å². The molecule has 2 aromatic carbocycles. The van der Waals surface area contributed by atoms with Gasteiger partial charge in [0.25, 0.3) is 5.91 Å². The van der Waals surface area contributed by atoms with Crippen LogP contribution in [0.2, 0.25) is 5.02 Å². The highest BCUT2D eigenvalue weighted by Crippen LogP contribution is 2.44. The molecule has 3 heterocycles. The average molecular weight is 517 g/mol. The van der Waals surface area contributed by atoms with Gasteiger partial charge in [0.2, 0.25) is 0 Å². The number of hydrogen-bond donors (Lipinski definition) is 2. The highest BCUT2D eigenvalue weighted by molar-refractivity contribution is 7.21. The number of nitrogens with one attached hydrogen (secondary N) is 1. The van der Waals surface area contributed by atoms with E-state index in [2.05, 4.69) is 10.3 Å². The molecule has 0 fully saturated rings. The normalized spacial score (nSPS) is 13.1. The summed E-state index contributed by atoms with van der Waals surface area (Å²) in [6, 6.07) is 17.7. The SMILES string of the molecule is Nc1c(C(=O)Nc2nc(-c3ccccc3)cs2)sc2nc3c(c(-c4ccc(Cl)cc4)c12)CCCC3. The number of hydrogen-bond acceptors (Lipinski definition) is 6. The van der Waals surface area contributed by atoms with Crippen LogP contribution in [0.3, 0.4) is 0 Å². The summed E-state index contributed by atoms with van der Waals surface area (Å²) in [5.41, 5.74) is 13.4. The highest BCUT2D eigenvalue weighted by Gasteiger charge is 2.26. The molecule has 0 spiro atoms. The first kappa shape index (κ1) is 22.2. The van der Waals surface area contributed by atoms with Gasteiger partial charge in [0, 0.05) is 27.0 Å². The standard InChI is InChI=1S/C27H21ClN4OS2/c28-17-12-10-16(11-13-17)21-18-8-4-5-9-19(18)30-26-22(21)23(29)24(35-26)25(33)32-27-31-20(14-34-27)15-6-2-1-3-7-15/h1-3,6-7,10-14H,4-5,8-9,29H2,(H,31,32,33). The first-order valence-electron chi connectivity index (χ1n) is 11.4. The van der Waals surface area contributed by atoms with E-state index >= 15 is 0 Å². The van der Waals surface area contributed by atoms with Gasteiger partial charge in [-0.3, -0.25) is 10.1 Å². The lowest BCUT2D eigenvalue weighted by molar-refractivity contribution is 0.103. The van der Waals surface area contributed by atoms with Crippen LogP contribution < -0.4 is 11.1 Å². The second kappa shape index (κ2) is 9.07. The number of rotatable bonds is 4. The number of aromatic nitrogens is 2. The van der Waals surface area contributed by atoms with Crippen molar-refractivity contribution >= 4 is 61.2 Å². The Labute approximate surface area is 215 Å². The zero-order valence-electron chi connectivity index (χ0n) is 18.7. The lowest BCUT2D eigenvalue weighted by atomic mass is 9.87. The van der Waals surface area contributed by atoms with E-state index < -0.39 is 0 Å². The summed E-state index contributed by atoms with van der Waals surface area (Å²) in [6.45, 7) is 0. The molecule has 35 heavy (non-hydrogen) atoms. The van der Waals surface area contributed by atoms with E-state index in [9.17, 15) is 4.79 Å². The lowest BCUT2D eigenvalue weighted by Crippen LogP contribution is -2.12. The quantitative estimate of drug-likeness (QED) is 0.260. The third-order valence-electron chi connectivity index (χ3n) is 6.29. The van der Waals surface area contributed by atoms with E-state index in [1.807, 2.05) is 60.0 Å². The lowest BCUT2D eigenvalue weighted by Gasteiger charge is -2.20. The van der Waals surface area contributed by atoms with Crippen molar-refractivity contribution in [1.82, 2.24) is 9.97 Å². The third-order valence-corrected chi connectivity index (χ3v) is 8.39. The predicted molar refractivity (Wildman–Crippen MR) is 147 cm³/mol. The maximum atomic E-state index is 13.3. The van der Waals surface area contributed by atoms with Gasteiger partial charge in [0.1, 0.15) is 9.71 Å². The van der Waals surface area contributed by atoms with Gasteiger partial charge in [-0.25, -0.2) is 9.97 Å². The minimum Gasteiger partial charge on any atom is -0.397 e. The maximum absolute atomic E-state index is 13.3. The van der Waals surface area contributed by atoms with Gasteiger partial charge in [-0.2, -0.15) is 0 Å². The number of amides is 1. The summed E-state index contributed by atoms with van der Waals surface area (Å²) < 4.78 is 0. The fourth-order valence-corrected chi connectivity index (χ4v) is 6.50. The van der Waals surface area contributed by atoms with E-state index in [1.165, 1.54) is 28.2 Å². The molecule has 0 bridgehead atoms. The zero-order chi connectivity index (χ0) is 23.9. The molecule has 0 aliphatic heterocycles. The summed E-state index contributed by atoms with van der Waals surface area (Å²) >= 11 is 8.90. The van der Waals surface area contributed by atoms with Crippen LogP contribution in [0.5, 0.6) is 0 Å². The Hall–Kier alpha value is -3.26. The van der Waals surface area contributed by atoms with Gasteiger partial charge in [-0.15, -0.1) is 22.7 Å². The molecular weight excluding hydrogens is 496 g/mol. The number of benzene rings is 2. The topological polar surface area (TPSA) is 80.9 Å². The van der Waals surface area contributed by atoms with E-state index in [4.69, 9.17) is 22.3 Å². The largest absolute Gasteiger partial charge is 0.397 e. The highest BCUT2D eigenvalue weighted by atomic mass is 35.5. The molecule has 1 aliphatic carbocycles. The van der Waals surface area contributed by atoms with Gasteiger partial charge in [0.05, 0.1) is 11.4 Å². The molecule has 0 radical (unpaired) electrons. The second-order valence-electron chi connectivity index (χ2n) is 8.51. The molecule has 5 nitrogen and oxygen atoms in total. The second-order valence-corrected chi connectivity index (χ2v) is 10.8. The van der Waals surface area contributed by atoms with Crippen LogP contribution in [0.1, 0.15) is 33.8 Å². The summed E-state index contributed by atoms with van der Waals surface area (Å²) in [6.07, 6.45) is 4.13. The molecule has 0 saturated heterocycles. The van der Waals surface area contributed by atoms with Crippen LogP contribution in [0.25, 0.3) is 32.6 Å². The smallest absolute Gasteiger partial charge is 0.269 e. The number of anilines is 2. The van der Waals surface area contributed by atoms with Crippen LogP contribution in [0.15, 0.2) is 60.0 Å². The Balaban J connectivity index is 1.41. The molecule has 1 aliphatic rings. The van der Waals surface area contributed by atoms with Crippen molar-refractivity contribution < 1.29 is 4.79 Å². The van der Waals surface area contributed by atoms with Crippen LogP contribution in [0, 0.1) is 0 Å². The van der Waals surface area contributed by atoms with E-state index in [0.29, 0.717) is 20.7 Å².